The quantitative estimate of drug-likeness (QED) is 0.499. The molecule has 6 heteroatoms. The van der Waals surface area contributed by atoms with Crippen LogP contribution in [0.25, 0.3) is 0 Å². The van der Waals surface area contributed by atoms with Crippen molar-refractivity contribution in [2.75, 3.05) is 39.3 Å². The van der Waals surface area contributed by atoms with Gasteiger partial charge in [-0.2, -0.15) is 0 Å². The van der Waals surface area contributed by atoms with Gasteiger partial charge in [-0.25, -0.2) is 0 Å². The van der Waals surface area contributed by atoms with Crippen molar-refractivity contribution in [2.45, 2.75) is 13.3 Å². The fraction of sp³-hybridized carbons (Fsp3) is 0.818. The highest BCUT2D eigenvalue weighted by Crippen LogP contribution is 2.14. The van der Waals surface area contributed by atoms with Crippen molar-refractivity contribution in [1.29, 1.82) is 0 Å². The van der Waals surface area contributed by atoms with E-state index in [1.165, 1.54) is 6.92 Å². The molecule has 6 nitrogen and oxygen atoms in total. The highest BCUT2D eigenvalue weighted by molar-refractivity contribution is 5.78. The Bertz CT molecular complexity index is 271. The predicted octanol–water partition coefficient (Wildman–Crippen LogP) is -1.45. The summed E-state index contributed by atoms with van der Waals surface area (Å²) in [7, 11) is 0. The number of hydrogen-bond donors (Lipinski definition) is 3. The van der Waals surface area contributed by atoms with Crippen LogP contribution in [-0.2, 0) is 9.59 Å². The van der Waals surface area contributed by atoms with E-state index in [0.717, 1.165) is 19.5 Å². The topological polar surface area (TPSA) is 81.7 Å². The van der Waals surface area contributed by atoms with E-state index in [2.05, 4.69) is 10.6 Å². The van der Waals surface area contributed by atoms with Crippen LogP contribution in [0.15, 0.2) is 0 Å². The van der Waals surface area contributed by atoms with Gasteiger partial charge in [0.2, 0.25) is 11.8 Å². The molecule has 1 atom stereocenters. The molecule has 1 aliphatic rings. The Hall–Kier alpha value is -1.14. The third-order valence-corrected chi connectivity index (χ3v) is 2.82. The first-order valence-electron chi connectivity index (χ1n) is 5.96. The van der Waals surface area contributed by atoms with Crippen molar-refractivity contribution >= 4 is 11.8 Å². The molecule has 0 aliphatic carbocycles. The highest BCUT2D eigenvalue weighted by atomic mass is 16.3. The fourth-order valence-electron chi connectivity index (χ4n) is 1.90. The molecule has 3 N–H and O–H groups in total. The molecule has 0 aromatic rings. The van der Waals surface area contributed by atoms with E-state index in [4.69, 9.17) is 5.11 Å². The Kier molecular flexibility index (Phi) is 5.93. The summed E-state index contributed by atoms with van der Waals surface area (Å²) >= 11 is 0. The summed E-state index contributed by atoms with van der Waals surface area (Å²) in [5, 5.41) is 14.3. The van der Waals surface area contributed by atoms with Gasteiger partial charge in [0, 0.05) is 33.2 Å². The van der Waals surface area contributed by atoms with Crippen molar-refractivity contribution in [3.05, 3.63) is 0 Å². The number of amides is 2. The van der Waals surface area contributed by atoms with E-state index in [-0.39, 0.29) is 18.4 Å². The van der Waals surface area contributed by atoms with Crippen molar-refractivity contribution < 1.29 is 14.7 Å². The van der Waals surface area contributed by atoms with Crippen LogP contribution >= 0.6 is 0 Å². The maximum absolute atomic E-state index is 11.5. The maximum atomic E-state index is 11.5. The molecular weight excluding hydrogens is 222 g/mol. The van der Waals surface area contributed by atoms with Crippen LogP contribution in [0.3, 0.4) is 0 Å². The highest BCUT2D eigenvalue weighted by Gasteiger charge is 2.22. The first-order valence-corrected chi connectivity index (χ1v) is 5.96. The van der Waals surface area contributed by atoms with Crippen molar-refractivity contribution in [1.82, 2.24) is 15.5 Å². The van der Waals surface area contributed by atoms with Gasteiger partial charge in [0.25, 0.3) is 0 Å². The van der Waals surface area contributed by atoms with Crippen LogP contribution in [0.4, 0.5) is 0 Å². The normalized spacial score (nSPS) is 20.2. The predicted molar refractivity (Wildman–Crippen MR) is 63.3 cm³/mol. The molecule has 2 amide bonds. The van der Waals surface area contributed by atoms with E-state index in [1.807, 2.05) is 4.90 Å². The maximum Gasteiger partial charge on any atom is 0.234 e. The summed E-state index contributed by atoms with van der Waals surface area (Å²) in [6.07, 6.45) is 0.954. The average Bonchev–Trinajstić information content (AvgIpc) is 2.72. The minimum Gasteiger partial charge on any atom is -0.396 e. The Morgan fingerprint density at radius 1 is 1.35 bits per heavy atom. The second-order valence-corrected chi connectivity index (χ2v) is 4.41. The number of nitrogens with zero attached hydrogens (tertiary/aromatic N) is 1. The van der Waals surface area contributed by atoms with Gasteiger partial charge in [-0.15, -0.1) is 0 Å². The van der Waals surface area contributed by atoms with Crippen LogP contribution in [0, 0.1) is 5.92 Å². The molecule has 0 spiro atoms. The van der Waals surface area contributed by atoms with Gasteiger partial charge in [-0.05, 0) is 18.9 Å². The number of nitrogens with one attached hydrogen (secondary N) is 2. The summed E-state index contributed by atoms with van der Waals surface area (Å²) in [6.45, 7) is 4.58. The SMILES string of the molecule is CC(=O)NCCNC(=O)CN1CCC(CO)C1. The fourth-order valence-corrected chi connectivity index (χ4v) is 1.90. The number of likely N-dealkylation sites (tertiary alicyclic amines) is 1. The third kappa shape index (κ3) is 5.65. The van der Waals surface area contributed by atoms with Crippen LogP contribution in [0.5, 0.6) is 0 Å². The monoisotopic (exact) mass is 243 g/mol. The molecule has 1 saturated heterocycles. The third-order valence-electron chi connectivity index (χ3n) is 2.82. The lowest BCUT2D eigenvalue weighted by molar-refractivity contribution is -0.122. The molecule has 98 valence electrons. The summed E-state index contributed by atoms with van der Waals surface area (Å²) in [5.74, 6) is 0.181. The van der Waals surface area contributed by atoms with E-state index in [0.29, 0.717) is 25.6 Å². The molecule has 0 saturated carbocycles. The molecule has 1 heterocycles. The van der Waals surface area contributed by atoms with Crippen molar-refractivity contribution in [2.24, 2.45) is 5.92 Å². The Labute approximate surface area is 101 Å². The number of aliphatic hydroxyl groups excluding tert-OH is 1. The molecule has 1 aliphatic heterocycles. The van der Waals surface area contributed by atoms with E-state index >= 15 is 0 Å². The number of carbonyl (C=O) groups is 2. The molecule has 0 aromatic carbocycles. The Balaban J connectivity index is 2.07. The van der Waals surface area contributed by atoms with Crippen molar-refractivity contribution in [3.8, 4) is 0 Å². The number of carbonyl (C=O) groups excluding carboxylic acids is 2. The second-order valence-electron chi connectivity index (χ2n) is 4.41. The zero-order valence-electron chi connectivity index (χ0n) is 10.2. The van der Waals surface area contributed by atoms with E-state index < -0.39 is 0 Å². The number of hydrogen-bond acceptors (Lipinski definition) is 4. The molecule has 0 bridgehead atoms. The molecular formula is C11H21N3O3. The minimum absolute atomic E-state index is 0.0334. The van der Waals surface area contributed by atoms with Gasteiger partial charge in [0.1, 0.15) is 0 Å². The van der Waals surface area contributed by atoms with Gasteiger partial charge >= 0.3 is 0 Å². The molecule has 1 fully saturated rings. The largest absolute Gasteiger partial charge is 0.396 e. The van der Waals surface area contributed by atoms with Gasteiger partial charge < -0.3 is 15.7 Å². The van der Waals surface area contributed by atoms with Gasteiger partial charge in [0.15, 0.2) is 0 Å². The van der Waals surface area contributed by atoms with Crippen molar-refractivity contribution in [3.63, 3.8) is 0 Å². The zero-order valence-corrected chi connectivity index (χ0v) is 10.2. The zero-order chi connectivity index (χ0) is 12.7. The lowest BCUT2D eigenvalue weighted by Gasteiger charge is -2.15. The Morgan fingerprint density at radius 3 is 2.65 bits per heavy atom. The summed E-state index contributed by atoms with van der Waals surface area (Å²) in [5.41, 5.74) is 0. The molecule has 0 aromatic heterocycles. The Morgan fingerprint density at radius 2 is 2.06 bits per heavy atom. The first kappa shape index (κ1) is 13.9. The summed E-state index contributed by atoms with van der Waals surface area (Å²) in [6, 6.07) is 0. The van der Waals surface area contributed by atoms with Crippen LogP contribution in [-0.4, -0.2) is 61.2 Å². The van der Waals surface area contributed by atoms with Gasteiger partial charge in [-0.1, -0.05) is 0 Å². The standard InChI is InChI=1S/C11H21N3O3/c1-9(16)12-3-4-13-11(17)7-14-5-2-10(6-14)8-15/h10,15H,2-8H2,1H3,(H,12,16)(H,13,17). The summed E-state index contributed by atoms with van der Waals surface area (Å²) in [4.78, 5) is 24.1. The lowest BCUT2D eigenvalue weighted by atomic mass is 10.1. The molecule has 1 unspecified atom stereocenters. The number of rotatable bonds is 6. The summed E-state index contributed by atoms with van der Waals surface area (Å²) < 4.78 is 0. The first-order chi connectivity index (χ1) is 8.11. The minimum atomic E-state index is -0.0930. The smallest absolute Gasteiger partial charge is 0.234 e. The van der Waals surface area contributed by atoms with Gasteiger partial charge in [-0.3, -0.25) is 14.5 Å². The molecule has 0 radical (unpaired) electrons. The van der Waals surface area contributed by atoms with Crippen LogP contribution in [0.1, 0.15) is 13.3 Å². The molecule has 17 heavy (non-hydrogen) atoms. The van der Waals surface area contributed by atoms with Crippen LogP contribution < -0.4 is 10.6 Å². The van der Waals surface area contributed by atoms with Gasteiger partial charge in [0.05, 0.1) is 6.54 Å². The second kappa shape index (κ2) is 7.24. The molecule has 1 rings (SSSR count). The lowest BCUT2D eigenvalue weighted by Crippen LogP contribution is -2.39. The average molecular weight is 243 g/mol. The van der Waals surface area contributed by atoms with E-state index in [1.54, 1.807) is 0 Å². The van der Waals surface area contributed by atoms with Crippen LogP contribution in [0.2, 0.25) is 0 Å². The van der Waals surface area contributed by atoms with E-state index in [9.17, 15) is 9.59 Å². The number of aliphatic hydroxyl groups is 1.